The fourth-order valence-electron chi connectivity index (χ4n) is 1.03. The summed E-state index contributed by atoms with van der Waals surface area (Å²) in [6.45, 7) is -0.00221. The highest BCUT2D eigenvalue weighted by Crippen LogP contribution is 2.28. The third-order valence-electron chi connectivity index (χ3n) is 1.73. The molecule has 0 atom stereocenters. The zero-order valence-electron chi connectivity index (χ0n) is 7.54. The van der Waals surface area contributed by atoms with Crippen molar-refractivity contribution in [2.45, 2.75) is 0 Å². The van der Waals surface area contributed by atoms with E-state index in [2.05, 4.69) is 5.32 Å². The Bertz CT molecular complexity index is 365. The van der Waals surface area contributed by atoms with Crippen LogP contribution in [0.5, 0.6) is 11.5 Å². The van der Waals surface area contributed by atoms with Gasteiger partial charge in [-0.25, -0.2) is 0 Å². The molecule has 0 heterocycles. The Morgan fingerprint density at radius 3 is 2.71 bits per heavy atom. The minimum absolute atomic E-state index is 0.00221. The van der Waals surface area contributed by atoms with Gasteiger partial charge in [0, 0.05) is 0 Å². The predicted molar refractivity (Wildman–Crippen MR) is 48.0 cm³/mol. The van der Waals surface area contributed by atoms with Crippen molar-refractivity contribution < 1.29 is 19.4 Å². The van der Waals surface area contributed by atoms with Crippen molar-refractivity contribution in [3.05, 3.63) is 23.5 Å². The zero-order chi connectivity index (χ0) is 10.7. The number of hydrogen-bond donors (Lipinski definition) is 3. The molecule has 1 aromatic rings. The van der Waals surface area contributed by atoms with Gasteiger partial charge < -0.3 is 15.5 Å². The average molecular weight is 199 g/mol. The van der Waals surface area contributed by atoms with Crippen LogP contribution in [0.2, 0.25) is 0 Å². The van der Waals surface area contributed by atoms with Gasteiger partial charge in [-0.2, -0.15) is 4.39 Å². The second kappa shape index (κ2) is 4.06. The van der Waals surface area contributed by atoms with Crippen LogP contribution in [0.15, 0.2) is 12.1 Å². The number of aromatic hydroxyl groups is 2. The van der Waals surface area contributed by atoms with Crippen molar-refractivity contribution in [1.82, 2.24) is 5.32 Å². The van der Waals surface area contributed by atoms with E-state index < -0.39 is 23.1 Å². The number of phenols is 2. The van der Waals surface area contributed by atoms with Gasteiger partial charge in [0.05, 0.1) is 12.1 Å². The summed E-state index contributed by atoms with van der Waals surface area (Å²) >= 11 is 0. The number of hydrogen-bond acceptors (Lipinski definition) is 4. The number of carbonyl (C=O) groups excluding carboxylic acids is 1. The van der Waals surface area contributed by atoms with E-state index in [9.17, 15) is 14.3 Å². The number of halogens is 1. The standard InChI is InChI=1S/C9H10FNO3/c1-11-4-7(13)5-2-3-6(12)8(10)9(5)14/h2-3,11-12,14H,4H2,1H3. The van der Waals surface area contributed by atoms with Gasteiger partial charge in [0.15, 0.2) is 17.3 Å². The Balaban J connectivity index is 3.11. The van der Waals surface area contributed by atoms with E-state index in [0.717, 1.165) is 6.07 Å². The van der Waals surface area contributed by atoms with Crippen LogP contribution in [0, 0.1) is 5.82 Å². The molecule has 0 saturated heterocycles. The lowest BCUT2D eigenvalue weighted by molar-refractivity contribution is 0.0990. The fraction of sp³-hybridized carbons (Fsp3) is 0.222. The summed E-state index contributed by atoms with van der Waals surface area (Å²) in [5, 5.41) is 20.6. The smallest absolute Gasteiger partial charge is 0.207 e. The molecule has 0 radical (unpaired) electrons. The number of likely N-dealkylation sites (N-methyl/N-ethyl adjacent to an activating group) is 1. The number of phenolic OH excluding ortho intramolecular Hbond substituents is 2. The van der Waals surface area contributed by atoms with Gasteiger partial charge in [0.2, 0.25) is 5.82 Å². The molecule has 4 nitrogen and oxygen atoms in total. The lowest BCUT2D eigenvalue weighted by Gasteiger charge is -2.04. The summed E-state index contributed by atoms with van der Waals surface area (Å²) in [5.41, 5.74) is -0.144. The third kappa shape index (κ3) is 1.82. The van der Waals surface area contributed by atoms with Crippen LogP contribution in [-0.2, 0) is 0 Å². The molecule has 0 amide bonds. The topological polar surface area (TPSA) is 69.6 Å². The summed E-state index contributed by atoms with van der Waals surface area (Å²) in [7, 11) is 1.56. The van der Waals surface area contributed by atoms with Crippen molar-refractivity contribution >= 4 is 5.78 Å². The first-order valence-corrected chi connectivity index (χ1v) is 3.96. The molecule has 0 aromatic heterocycles. The SMILES string of the molecule is CNCC(=O)c1ccc(O)c(F)c1O. The zero-order valence-corrected chi connectivity index (χ0v) is 7.54. The van der Waals surface area contributed by atoms with Crippen molar-refractivity contribution in [1.29, 1.82) is 0 Å². The highest BCUT2D eigenvalue weighted by molar-refractivity contribution is 6.00. The van der Waals surface area contributed by atoms with Crippen LogP contribution in [-0.4, -0.2) is 29.6 Å². The largest absolute Gasteiger partial charge is 0.505 e. The van der Waals surface area contributed by atoms with Gasteiger partial charge >= 0.3 is 0 Å². The molecule has 5 heteroatoms. The summed E-state index contributed by atoms with van der Waals surface area (Å²) in [4.78, 5) is 11.3. The lowest BCUT2D eigenvalue weighted by Crippen LogP contribution is -2.18. The Morgan fingerprint density at radius 2 is 2.14 bits per heavy atom. The van der Waals surface area contributed by atoms with Gasteiger partial charge in [0.25, 0.3) is 0 Å². The van der Waals surface area contributed by atoms with Crippen LogP contribution >= 0.6 is 0 Å². The molecule has 14 heavy (non-hydrogen) atoms. The Morgan fingerprint density at radius 1 is 1.50 bits per heavy atom. The second-order valence-corrected chi connectivity index (χ2v) is 2.75. The fourth-order valence-corrected chi connectivity index (χ4v) is 1.03. The highest BCUT2D eigenvalue weighted by atomic mass is 19.1. The number of ketones is 1. The average Bonchev–Trinajstić information content (AvgIpc) is 2.15. The summed E-state index contributed by atoms with van der Waals surface area (Å²) in [6.07, 6.45) is 0. The third-order valence-corrected chi connectivity index (χ3v) is 1.73. The molecular weight excluding hydrogens is 189 g/mol. The normalized spacial score (nSPS) is 10.1. The molecular formula is C9H10FNO3. The summed E-state index contributed by atoms with van der Waals surface area (Å²) < 4.78 is 12.9. The quantitative estimate of drug-likeness (QED) is 0.625. The molecule has 76 valence electrons. The van der Waals surface area contributed by atoms with Crippen molar-refractivity contribution in [3.8, 4) is 11.5 Å². The van der Waals surface area contributed by atoms with Gasteiger partial charge in [-0.15, -0.1) is 0 Å². The van der Waals surface area contributed by atoms with Crippen LogP contribution < -0.4 is 5.32 Å². The first-order chi connectivity index (χ1) is 6.57. The van der Waals surface area contributed by atoms with Crippen LogP contribution in [0.1, 0.15) is 10.4 Å². The lowest BCUT2D eigenvalue weighted by atomic mass is 10.1. The second-order valence-electron chi connectivity index (χ2n) is 2.75. The van der Waals surface area contributed by atoms with E-state index in [1.54, 1.807) is 7.05 Å². The molecule has 3 N–H and O–H groups in total. The maximum Gasteiger partial charge on any atom is 0.207 e. The monoisotopic (exact) mass is 199 g/mol. The molecule has 1 rings (SSSR count). The predicted octanol–water partition coefficient (Wildman–Crippen LogP) is 0.639. The Kier molecular flexibility index (Phi) is 3.03. The molecule has 0 spiro atoms. The molecule has 0 fully saturated rings. The van der Waals surface area contributed by atoms with Crippen LogP contribution in [0.25, 0.3) is 0 Å². The van der Waals surface area contributed by atoms with E-state index in [1.807, 2.05) is 0 Å². The van der Waals surface area contributed by atoms with Gasteiger partial charge in [-0.1, -0.05) is 0 Å². The molecule has 0 aliphatic heterocycles. The molecule has 0 aliphatic carbocycles. The Labute approximate surface area is 80.0 Å². The van der Waals surface area contributed by atoms with Gasteiger partial charge in [-0.3, -0.25) is 4.79 Å². The van der Waals surface area contributed by atoms with E-state index >= 15 is 0 Å². The first-order valence-electron chi connectivity index (χ1n) is 3.96. The van der Waals surface area contributed by atoms with Crippen LogP contribution in [0.3, 0.4) is 0 Å². The highest BCUT2D eigenvalue weighted by Gasteiger charge is 2.16. The van der Waals surface area contributed by atoms with E-state index in [0.29, 0.717) is 0 Å². The minimum atomic E-state index is -1.17. The number of benzene rings is 1. The number of carbonyl (C=O) groups is 1. The molecule has 1 aromatic carbocycles. The van der Waals surface area contributed by atoms with Gasteiger partial charge in [0.1, 0.15) is 0 Å². The maximum atomic E-state index is 12.9. The molecule has 0 unspecified atom stereocenters. The van der Waals surface area contributed by atoms with Crippen molar-refractivity contribution in [2.24, 2.45) is 0 Å². The molecule has 0 bridgehead atoms. The first kappa shape index (κ1) is 10.5. The van der Waals surface area contributed by atoms with E-state index in [4.69, 9.17) is 5.11 Å². The molecule has 0 aliphatic rings. The summed E-state index contributed by atoms with van der Waals surface area (Å²) in [5.74, 6) is -3.11. The maximum absolute atomic E-state index is 12.9. The van der Waals surface area contributed by atoms with Crippen molar-refractivity contribution in [2.75, 3.05) is 13.6 Å². The number of Topliss-reactive ketones (excluding diaryl/α,β-unsaturated/α-hetero) is 1. The van der Waals surface area contributed by atoms with E-state index in [-0.39, 0.29) is 12.1 Å². The molecule has 0 saturated carbocycles. The summed E-state index contributed by atoms with van der Waals surface area (Å²) in [6, 6.07) is 2.20. The minimum Gasteiger partial charge on any atom is -0.505 e. The van der Waals surface area contributed by atoms with Gasteiger partial charge in [-0.05, 0) is 19.2 Å². The van der Waals surface area contributed by atoms with E-state index in [1.165, 1.54) is 6.07 Å². The van der Waals surface area contributed by atoms with Crippen LogP contribution in [0.4, 0.5) is 4.39 Å². The number of rotatable bonds is 3. The number of nitrogens with one attached hydrogen (secondary N) is 1. The Hall–Kier alpha value is -1.62. The van der Waals surface area contributed by atoms with Crippen molar-refractivity contribution in [3.63, 3.8) is 0 Å².